The van der Waals surface area contributed by atoms with Crippen LogP contribution in [0, 0.1) is 5.92 Å². The van der Waals surface area contributed by atoms with Crippen LogP contribution in [0.15, 0.2) is 4.52 Å². The highest BCUT2D eigenvalue weighted by molar-refractivity contribution is 5.73. The van der Waals surface area contributed by atoms with Gasteiger partial charge in [0.1, 0.15) is 5.76 Å². The average molecular weight is 295 g/mol. The number of nitrogens with one attached hydrogen (secondary N) is 1. The maximum absolute atomic E-state index is 12.1. The van der Waals surface area contributed by atoms with Gasteiger partial charge in [-0.05, 0) is 25.2 Å². The fourth-order valence-electron chi connectivity index (χ4n) is 2.43. The second kappa shape index (κ2) is 6.93. The Labute approximate surface area is 125 Å². The number of likely N-dealkylation sites (N-methyl/N-ethyl adjacent to an activating group) is 1. The first-order valence-corrected chi connectivity index (χ1v) is 7.70. The summed E-state index contributed by atoms with van der Waals surface area (Å²) in [4.78, 5) is 13.6. The molecule has 6 nitrogen and oxygen atoms in total. The van der Waals surface area contributed by atoms with Crippen LogP contribution in [0.4, 0.5) is 4.79 Å². The van der Waals surface area contributed by atoms with Gasteiger partial charge >= 0.3 is 6.03 Å². The summed E-state index contributed by atoms with van der Waals surface area (Å²) in [5, 5.41) is 16.8. The van der Waals surface area contributed by atoms with Crippen molar-refractivity contribution in [3.63, 3.8) is 0 Å². The van der Waals surface area contributed by atoms with Gasteiger partial charge in [0.05, 0.1) is 11.8 Å². The molecule has 1 atom stereocenters. The summed E-state index contributed by atoms with van der Waals surface area (Å²) in [6, 6.07) is -0.181. The van der Waals surface area contributed by atoms with Crippen LogP contribution in [-0.2, 0) is 19.4 Å². The van der Waals surface area contributed by atoms with Crippen molar-refractivity contribution in [2.75, 3.05) is 13.6 Å². The van der Waals surface area contributed by atoms with Gasteiger partial charge in [0, 0.05) is 32.1 Å². The van der Waals surface area contributed by atoms with Gasteiger partial charge in [0.2, 0.25) is 0 Å². The highest BCUT2D eigenvalue weighted by Gasteiger charge is 2.31. The molecule has 0 saturated heterocycles. The van der Waals surface area contributed by atoms with Gasteiger partial charge in [-0.2, -0.15) is 0 Å². The lowest BCUT2D eigenvalue weighted by atomic mass is 10.1. The summed E-state index contributed by atoms with van der Waals surface area (Å²) < 4.78 is 5.28. The number of carbonyl (C=O) groups is 1. The molecule has 0 aliphatic heterocycles. The Bertz CT molecular complexity index is 461. The zero-order chi connectivity index (χ0) is 15.4. The third-order valence-corrected chi connectivity index (χ3v) is 4.00. The molecule has 0 aromatic carbocycles. The van der Waals surface area contributed by atoms with Crippen molar-refractivity contribution in [1.29, 1.82) is 0 Å². The molecule has 2 amide bonds. The zero-order valence-electron chi connectivity index (χ0n) is 13.1. The second-order valence-electron chi connectivity index (χ2n) is 5.68. The Morgan fingerprint density at radius 3 is 2.76 bits per heavy atom. The predicted molar refractivity (Wildman–Crippen MR) is 78.9 cm³/mol. The van der Waals surface area contributed by atoms with Crippen LogP contribution in [0.3, 0.4) is 0 Å². The Morgan fingerprint density at radius 1 is 1.48 bits per heavy atom. The molecule has 0 spiro atoms. The monoisotopic (exact) mass is 295 g/mol. The second-order valence-corrected chi connectivity index (χ2v) is 5.68. The van der Waals surface area contributed by atoms with E-state index in [0.29, 0.717) is 19.0 Å². The lowest BCUT2D eigenvalue weighted by Crippen LogP contribution is -2.41. The zero-order valence-corrected chi connectivity index (χ0v) is 13.1. The molecule has 2 rings (SSSR count). The van der Waals surface area contributed by atoms with E-state index in [-0.39, 0.29) is 6.03 Å². The summed E-state index contributed by atoms with van der Waals surface area (Å²) in [6.45, 7) is 4.81. The number of amides is 2. The Kier molecular flexibility index (Phi) is 5.22. The first kappa shape index (κ1) is 15.8. The lowest BCUT2D eigenvalue weighted by Gasteiger charge is -2.21. The minimum atomic E-state index is -0.409. The van der Waals surface area contributed by atoms with E-state index < -0.39 is 6.10 Å². The molecular formula is C15H25N3O3. The van der Waals surface area contributed by atoms with Gasteiger partial charge < -0.3 is 19.8 Å². The van der Waals surface area contributed by atoms with Crippen molar-refractivity contribution in [2.24, 2.45) is 5.92 Å². The van der Waals surface area contributed by atoms with Gasteiger partial charge in [-0.3, -0.25) is 0 Å². The minimum Gasteiger partial charge on any atom is -0.391 e. The van der Waals surface area contributed by atoms with Crippen molar-refractivity contribution in [2.45, 2.75) is 52.2 Å². The maximum Gasteiger partial charge on any atom is 0.317 e. The quantitative estimate of drug-likeness (QED) is 0.802. The molecule has 1 unspecified atom stereocenters. The van der Waals surface area contributed by atoms with Crippen molar-refractivity contribution in [1.82, 2.24) is 15.4 Å². The third kappa shape index (κ3) is 3.97. The maximum atomic E-state index is 12.1. The summed E-state index contributed by atoms with van der Waals surface area (Å²) in [5.74, 6) is 1.20. The molecule has 1 aromatic rings. The molecule has 118 valence electrons. The molecule has 0 radical (unpaired) electrons. The topological polar surface area (TPSA) is 78.6 Å². The van der Waals surface area contributed by atoms with Crippen molar-refractivity contribution < 1.29 is 14.4 Å². The molecule has 0 bridgehead atoms. The molecule has 1 saturated carbocycles. The SMILES string of the molecule is CCc1noc(CC)c1CNC(=O)N(C)CC(O)C1CC1. The molecule has 1 fully saturated rings. The largest absolute Gasteiger partial charge is 0.391 e. The number of aromatic nitrogens is 1. The third-order valence-electron chi connectivity index (χ3n) is 4.00. The first-order valence-electron chi connectivity index (χ1n) is 7.70. The van der Waals surface area contributed by atoms with E-state index in [1.54, 1.807) is 7.05 Å². The molecule has 1 aliphatic rings. The molecule has 1 aliphatic carbocycles. The Morgan fingerprint density at radius 2 is 2.19 bits per heavy atom. The van der Waals surface area contributed by atoms with E-state index in [2.05, 4.69) is 10.5 Å². The fraction of sp³-hybridized carbons (Fsp3) is 0.733. The predicted octanol–water partition coefficient (Wildman–Crippen LogP) is 1.71. The normalized spacial score (nSPS) is 15.8. The number of hydrogen-bond acceptors (Lipinski definition) is 4. The molecular weight excluding hydrogens is 270 g/mol. The van der Waals surface area contributed by atoms with Crippen molar-refractivity contribution in [3.05, 3.63) is 17.0 Å². The van der Waals surface area contributed by atoms with Gasteiger partial charge in [-0.15, -0.1) is 0 Å². The van der Waals surface area contributed by atoms with E-state index in [1.807, 2.05) is 13.8 Å². The van der Waals surface area contributed by atoms with Crippen LogP contribution in [0.1, 0.15) is 43.7 Å². The summed E-state index contributed by atoms with van der Waals surface area (Å²) in [7, 11) is 1.70. The number of carbonyl (C=O) groups excluding carboxylic acids is 1. The van der Waals surface area contributed by atoms with Crippen molar-refractivity contribution in [3.8, 4) is 0 Å². The molecule has 2 N–H and O–H groups in total. The smallest absolute Gasteiger partial charge is 0.317 e. The van der Waals surface area contributed by atoms with Crippen LogP contribution in [-0.4, -0.2) is 40.9 Å². The lowest BCUT2D eigenvalue weighted by molar-refractivity contribution is 0.113. The van der Waals surface area contributed by atoms with Crippen LogP contribution in [0.5, 0.6) is 0 Å². The number of nitrogens with zero attached hydrogens (tertiary/aromatic N) is 2. The molecule has 1 aromatic heterocycles. The van der Waals surface area contributed by atoms with Crippen molar-refractivity contribution >= 4 is 6.03 Å². The highest BCUT2D eigenvalue weighted by atomic mass is 16.5. The van der Waals surface area contributed by atoms with Gasteiger partial charge in [-0.25, -0.2) is 4.79 Å². The van der Waals surface area contributed by atoms with Crippen LogP contribution < -0.4 is 5.32 Å². The molecule has 21 heavy (non-hydrogen) atoms. The van der Waals surface area contributed by atoms with Gasteiger partial charge in [-0.1, -0.05) is 19.0 Å². The number of urea groups is 1. The van der Waals surface area contributed by atoms with E-state index >= 15 is 0 Å². The van der Waals surface area contributed by atoms with E-state index in [0.717, 1.165) is 42.7 Å². The van der Waals surface area contributed by atoms with E-state index in [4.69, 9.17) is 4.52 Å². The number of hydrogen-bond donors (Lipinski definition) is 2. The number of aryl methyl sites for hydroxylation is 2. The molecule has 6 heteroatoms. The van der Waals surface area contributed by atoms with Crippen LogP contribution >= 0.6 is 0 Å². The minimum absolute atomic E-state index is 0.181. The summed E-state index contributed by atoms with van der Waals surface area (Å²) in [6.07, 6.45) is 3.27. The number of aliphatic hydroxyl groups excluding tert-OH is 1. The molecule has 1 heterocycles. The Balaban J connectivity index is 1.86. The standard InChI is InChI=1S/C15H25N3O3/c1-4-12-11(14(5-2)21-17-12)8-16-15(20)18(3)9-13(19)10-6-7-10/h10,13,19H,4-9H2,1-3H3,(H,16,20). The number of rotatable bonds is 7. The van der Waals surface area contributed by atoms with Crippen LogP contribution in [0.25, 0.3) is 0 Å². The van der Waals surface area contributed by atoms with E-state index in [9.17, 15) is 9.90 Å². The highest BCUT2D eigenvalue weighted by Crippen LogP contribution is 2.32. The Hall–Kier alpha value is -1.56. The van der Waals surface area contributed by atoms with Gasteiger partial charge in [0.25, 0.3) is 0 Å². The summed E-state index contributed by atoms with van der Waals surface area (Å²) in [5.41, 5.74) is 1.87. The average Bonchev–Trinajstić information content (AvgIpc) is 3.25. The first-order chi connectivity index (χ1) is 10.1. The van der Waals surface area contributed by atoms with Gasteiger partial charge in [0.15, 0.2) is 0 Å². The number of aliphatic hydroxyl groups is 1. The fourth-order valence-corrected chi connectivity index (χ4v) is 2.43. The van der Waals surface area contributed by atoms with E-state index in [1.165, 1.54) is 4.90 Å². The summed E-state index contributed by atoms with van der Waals surface area (Å²) >= 11 is 0. The van der Waals surface area contributed by atoms with Crippen LogP contribution in [0.2, 0.25) is 0 Å².